The van der Waals surface area contributed by atoms with Crippen LogP contribution in [0.1, 0.15) is 21.9 Å². The summed E-state index contributed by atoms with van der Waals surface area (Å²) in [5.41, 5.74) is 1.24. The van der Waals surface area contributed by atoms with Gasteiger partial charge in [-0.3, -0.25) is 4.79 Å². The average molecular weight is 296 g/mol. The van der Waals surface area contributed by atoms with Crippen molar-refractivity contribution in [3.8, 4) is 0 Å². The van der Waals surface area contributed by atoms with Crippen LogP contribution in [0.15, 0.2) is 33.7 Å². The monoisotopic (exact) mass is 295 g/mol. The number of carbonyl (C=O) groups is 1. The SMILES string of the molecule is Cc1nccc(CNC(=O)c2ccoc2Br)n1. The molecule has 0 spiro atoms. The molecule has 0 radical (unpaired) electrons. The second-order valence-corrected chi connectivity index (χ2v) is 4.11. The van der Waals surface area contributed by atoms with Crippen LogP contribution in [-0.2, 0) is 6.54 Å². The number of nitrogens with zero attached hydrogens (tertiary/aromatic N) is 2. The summed E-state index contributed by atoms with van der Waals surface area (Å²) >= 11 is 3.15. The molecule has 0 aliphatic rings. The fourth-order valence-electron chi connectivity index (χ4n) is 1.33. The predicted molar refractivity (Wildman–Crippen MR) is 64.3 cm³/mol. The second kappa shape index (κ2) is 5.09. The van der Waals surface area contributed by atoms with Crippen LogP contribution in [0.4, 0.5) is 0 Å². The van der Waals surface area contributed by atoms with E-state index in [2.05, 4.69) is 31.2 Å². The minimum Gasteiger partial charge on any atom is -0.457 e. The third-order valence-electron chi connectivity index (χ3n) is 2.13. The maximum atomic E-state index is 11.7. The number of halogens is 1. The Labute approximate surface area is 106 Å². The van der Waals surface area contributed by atoms with E-state index in [1.165, 1.54) is 6.26 Å². The number of rotatable bonds is 3. The maximum Gasteiger partial charge on any atom is 0.256 e. The number of nitrogens with one attached hydrogen (secondary N) is 1. The van der Waals surface area contributed by atoms with Crippen LogP contribution in [0.25, 0.3) is 0 Å². The molecule has 0 atom stereocenters. The van der Waals surface area contributed by atoms with Gasteiger partial charge in [-0.25, -0.2) is 9.97 Å². The van der Waals surface area contributed by atoms with Gasteiger partial charge < -0.3 is 9.73 Å². The van der Waals surface area contributed by atoms with E-state index in [1.54, 1.807) is 25.3 Å². The summed E-state index contributed by atoms with van der Waals surface area (Å²) in [5, 5.41) is 2.75. The summed E-state index contributed by atoms with van der Waals surface area (Å²) in [5.74, 6) is 0.475. The van der Waals surface area contributed by atoms with Crippen molar-refractivity contribution in [2.75, 3.05) is 0 Å². The van der Waals surface area contributed by atoms with Gasteiger partial charge in [0, 0.05) is 6.20 Å². The first kappa shape index (κ1) is 11.8. The highest BCUT2D eigenvalue weighted by Gasteiger charge is 2.12. The second-order valence-electron chi connectivity index (χ2n) is 3.39. The highest BCUT2D eigenvalue weighted by molar-refractivity contribution is 9.10. The Kier molecular flexibility index (Phi) is 3.53. The lowest BCUT2D eigenvalue weighted by Gasteiger charge is -2.03. The molecule has 1 amide bonds. The highest BCUT2D eigenvalue weighted by Crippen LogP contribution is 2.17. The highest BCUT2D eigenvalue weighted by atomic mass is 79.9. The third kappa shape index (κ3) is 2.91. The summed E-state index contributed by atoms with van der Waals surface area (Å²) in [6, 6.07) is 3.36. The zero-order valence-electron chi connectivity index (χ0n) is 9.11. The molecule has 5 nitrogen and oxygen atoms in total. The van der Waals surface area contributed by atoms with Gasteiger partial charge in [-0.1, -0.05) is 0 Å². The smallest absolute Gasteiger partial charge is 0.256 e. The minimum atomic E-state index is -0.207. The van der Waals surface area contributed by atoms with Crippen LogP contribution in [0.5, 0.6) is 0 Å². The van der Waals surface area contributed by atoms with Gasteiger partial charge in [-0.2, -0.15) is 0 Å². The van der Waals surface area contributed by atoms with Crippen LogP contribution in [0, 0.1) is 6.92 Å². The summed E-state index contributed by atoms with van der Waals surface area (Å²) < 4.78 is 5.41. The van der Waals surface area contributed by atoms with Gasteiger partial charge in [-0.15, -0.1) is 0 Å². The molecule has 6 heteroatoms. The van der Waals surface area contributed by atoms with E-state index in [9.17, 15) is 4.79 Å². The summed E-state index contributed by atoms with van der Waals surface area (Å²) in [4.78, 5) is 19.9. The Hall–Kier alpha value is -1.69. The van der Waals surface area contributed by atoms with Gasteiger partial charge in [0.2, 0.25) is 0 Å². The molecule has 0 saturated carbocycles. The summed E-state index contributed by atoms with van der Waals surface area (Å²) in [7, 11) is 0. The van der Waals surface area contributed by atoms with Crippen LogP contribution in [0.3, 0.4) is 0 Å². The van der Waals surface area contributed by atoms with Crippen molar-refractivity contribution < 1.29 is 9.21 Å². The topological polar surface area (TPSA) is 68.0 Å². The first-order valence-corrected chi connectivity index (χ1v) is 5.76. The van der Waals surface area contributed by atoms with E-state index in [4.69, 9.17) is 4.42 Å². The first-order chi connectivity index (χ1) is 8.16. The molecule has 0 unspecified atom stereocenters. The van der Waals surface area contributed by atoms with E-state index in [0.29, 0.717) is 22.6 Å². The van der Waals surface area contributed by atoms with Crippen molar-refractivity contribution in [3.63, 3.8) is 0 Å². The lowest BCUT2D eigenvalue weighted by molar-refractivity contribution is 0.0948. The average Bonchev–Trinajstić information content (AvgIpc) is 2.72. The predicted octanol–water partition coefficient (Wildman–Crippen LogP) is 2.07. The molecule has 0 saturated heterocycles. The number of amides is 1. The summed E-state index contributed by atoms with van der Waals surface area (Å²) in [6.45, 7) is 2.16. The van der Waals surface area contributed by atoms with E-state index >= 15 is 0 Å². The van der Waals surface area contributed by atoms with Crippen LogP contribution < -0.4 is 5.32 Å². The van der Waals surface area contributed by atoms with Gasteiger partial charge in [0.25, 0.3) is 5.91 Å². The lowest BCUT2D eigenvalue weighted by atomic mass is 10.3. The quantitative estimate of drug-likeness (QED) is 0.941. The molecule has 2 aromatic heterocycles. The van der Waals surface area contributed by atoms with Gasteiger partial charge in [0.05, 0.1) is 24.1 Å². The van der Waals surface area contributed by atoms with Gasteiger partial charge in [-0.05, 0) is 35.0 Å². The van der Waals surface area contributed by atoms with Crippen LogP contribution in [0.2, 0.25) is 0 Å². The van der Waals surface area contributed by atoms with Crippen molar-refractivity contribution >= 4 is 21.8 Å². The molecule has 1 N–H and O–H groups in total. The molecule has 2 heterocycles. The number of carbonyl (C=O) groups excluding carboxylic acids is 1. The Bertz CT molecular complexity index is 539. The molecule has 0 aromatic carbocycles. The van der Waals surface area contributed by atoms with E-state index in [1.807, 2.05) is 0 Å². The molecule has 88 valence electrons. The Morgan fingerprint density at radius 3 is 3.00 bits per heavy atom. The molecule has 17 heavy (non-hydrogen) atoms. The number of furan rings is 1. The molecular formula is C11H10BrN3O2. The lowest BCUT2D eigenvalue weighted by Crippen LogP contribution is -2.23. The number of aromatic nitrogens is 2. The first-order valence-electron chi connectivity index (χ1n) is 4.96. The van der Waals surface area contributed by atoms with Gasteiger partial charge in [0.15, 0.2) is 4.67 Å². The number of hydrogen-bond acceptors (Lipinski definition) is 4. The molecule has 0 fully saturated rings. The van der Waals surface area contributed by atoms with Crippen molar-refractivity contribution in [2.45, 2.75) is 13.5 Å². The third-order valence-corrected chi connectivity index (χ3v) is 2.74. The molecule has 2 rings (SSSR count). The van der Waals surface area contributed by atoms with Gasteiger partial charge >= 0.3 is 0 Å². The Morgan fingerprint density at radius 1 is 1.53 bits per heavy atom. The fraction of sp³-hybridized carbons (Fsp3) is 0.182. The zero-order chi connectivity index (χ0) is 12.3. The summed E-state index contributed by atoms with van der Waals surface area (Å²) in [6.07, 6.45) is 3.12. The van der Waals surface area contributed by atoms with Crippen LogP contribution in [-0.4, -0.2) is 15.9 Å². The number of hydrogen-bond donors (Lipinski definition) is 1. The molecule has 0 aliphatic carbocycles. The van der Waals surface area contributed by atoms with Crippen LogP contribution >= 0.6 is 15.9 Å². The van der Waals surface area contributed by atoms with E-state index in [-0.39, 0.29) is 5.91 Å². The van der Waals surface area contributed by atoms with Crippen molar-refractivity contribution in [3.05, 3.63) is 46.3 Å². The molecule has 2 aromatic rings. The fourth-order valence-corrected chi connectivity index (χ4v) is 1.75. The van der Waals surface area contributed by atoms with Crippen molar-refractivity contribution in [2.24, 2.45) is 0 Å². The largest absolute Gasteiger partial charge is 0.457 e. The van der Waals surface area contributed by atoms with Crippen molar-refractivity contribution in [1.82, 2.24) is 15.3 Å². The van der Waals surface area contributed by atoms with Gasteiger partial charge in [0.1, 0.15) is 5.82 Å². The van der Waals surface area contributed by atoms with E-state index in [0.717, 1.165) is 5.69 Å². The molecule has 0 bridgehead atoms. The standard InChI is InChI=1S/C11H10BrN3O2/c1-7-13-4-2-8(15-7)6-14-11(16)9-3-5-17-10(9)12/h2-5H,6H2,1H3,(H,14,16). The van der Waals surface area contributed by atoms with Crippen molar-refractivity contribution in [1.29, 1.82) is 0 Å². The zero-order valence-corrected chi connectivity index (χ0v) is 10.7. The Balaban J connectivity index is 1.99. The normalized spacial score (nSPS) is 10.2. The minimum absolute atomic E-state index is 0.207. The molecular weight excluding hydrogens is 286 g/mol. The Morgan fingerprint density at radius 2 is 2.35 bits per heavy atom. The number of aryl methyl sites for hydroxylation is 1. The van der Waals surface area contributed by atoms with E-state index < -0.39 is 0 Å². The molecule has 0 aliphatic heterocycles. The maximum absolute atomic E-state index is 11.7.